The number of unbranched alkanes of at least 4 members (excludes halogenated alkanes) is 1. The van der Waals surface area contributed by atoms with Gasteiger partial charge in [0, 0.05) is 12.6 Å². The van der Waals surface area contributed by atoms with Gasteiger partial charge >= 0.3 is 0 Å². The van der Waals surface area contributed by atoms with E-state index in [0.717, 1.165) is 0 Å². The molecule has 15 heavy (non-hydrogen) atoms. The average Bonchev–Trinajstić information content (AvgIpc) is 2.28. The van der Waals surface area contributed by atoms with Crippen molar-refractivity contribution in [3.05, 3.63) is 35.4 Å². The summed E-state index contributed by atoms with van der Waals surface area (Å²) in [5.41, 5.74) is 3.14. The summed E-state index contributed by atoms with van der Waals surface area (Å²) in [7, 11) is 2.26. The maximum atomic E-state index is 2.51. The highest BCUT2D eigenvalue weighted by atomic mass is 15.1. The van der Waals surface area contributed by atoms with Crippen LogP contribution in [0.15, 0.2) is 24.3 Å². The zero-order chi connectivity index (χ0) is 10.7. The van der Waals surface area contributed by atoms with E-state index >= 15 is 0 Å². The quantitative estimate of drug-likeness (QED) is 0.727. The fraction of sp³-hybridized carbons (Fsp3) is 0.571. The van der Waals surface area contributed by atoms with Crippen LogP contribution >= 0.6 is 0 Å². The van der Waals surface area contributed by atoms with Crippen LogP contribution < -0.4 is 0 Å². The van der Waals surface area contributed by atoms with Crippen LogP contribution in [-0.4, -0.2) is 18.5 Å². The van der Waals surface area contributed by atoms with Crippen LogP contribution in [0, 0.1) is 0 Å². The molecule has 1 heterocycles. The Morgan fingerprint density at radius 1 is 1.33 bits per heavy atom. The van der Waals surface area contributed by atoms with Crippen molar-refractivity contribution in [1.29, 1.82) is 0 Å². The molecule has 0 aliphatic carbocycles. The van der Waals surface area contributed by atoms with Gasteiger partial charge in [-0.1, -0.05) is 44.0 Å². The molecule has 1 aliphatic heterocycles. The Hall–Kier alpha value is -0.820. The van der Waals surface area contributed by atoms with Crippen molar-refractivity contribution in [3.8, 4) is 0 Å². The van der Waals surface area contributed by atoms with Crippen molar-refractivity contribution >= 4 is 0 Å². The maximum absolute atomic E-state index is 2.51. The van der Waals surface area contributed by atoms with Crippen LogP contribution in [-0.2, 0) is 6.42 Å². The molecular formula is C14H21N. The Morgan fingerprint density at radius 3 is 2.93 bits per heavy atom. The van der Waals surface area contributed by atoms with Gasteiger partial charge in [-0.25, -0.2) is 0 Å². The predicted molar refractivity (Wildman–Crippen MR) is 65.0 cm³/mol. The van der Waals surface area contributed by atoms with Crippen LogP contribution in [0.1, 0.15) is 43.4 Å². The largest absolute Gasteiger partial charge is 0.299 e. The molecule has 1 unspecified atom stereocenters. The minimum Gasteiger partial charge on any atom is -0.299 e. The lowest BCUT2D eigenvalue weighted by Crippen LogP contribution is -2.32. The summed E-state index contributed by atoms with van der Waals surface area (Å²) in [5, 5.41) is 0. The fourth-order valence-electron chi connectivity index (χ4n) is 2.55. The molecule has 0 radical (unpaired) electrons. The van der Waals surface area contributed by atoms with Gasteiger partial charge in [0.15, 0.2) is 0 Å². The summed E-state index contributed by atoms with van der Waals surface area (Å²) in [6.07, 6.45) is 5.16. The Morgan fingerprint density at radius 2 is 2.13 bits per heavy atom. The lowest BCUT2D eigenvalue weighted by molar-refractivity contribution is 0.216. The number of likely N-dealkylation sites (N-methyl/N-ethyl adjacent to an activating group) is 1. The van der Waals surface area contributed by atoms with Gasteiger partial charge in [-0.3, -0.25) is 4.90 Å². The van der Waals surface area contributed by atoms with Crippen molar-refractivity contribution in [3.63, 3.8) is 0 Å². The predicted octanol–water partition coefficient (Wildman–Crippen LogP) is 3.41. The minimum atomic E-state index is 0.662. The van der Waals surface area contributed by atoms with Crippen molar-refractivity contribution in [2.75, 3.05) is 13.6 Å². The van der Waals surface area contributed by atoms with Crippen LogP contribution in [0.5, 0.6) is 0 Å². The molecule has 1 aromatic rings. The van der Waals surface area contributed by atoms with E-state index in [1.807, 2.05) is 0 Å². The summed E-state index contributed by atoms with van der Waals surface area (Å²) in [6, 6.07) is 9.61. The van der Waals surface area contributed by atoms with E-state index < -0.39 is 0 Å². The van der Waals surface area contributed by atoms with E-state index in [1.165, 1.54) is 32.2 Å². The zero-order valence-corrected chi connectivity index (χ0v) is 9.87. The molecular weight excluding hydrogens is 182 g/mol. The Kier molecular flexibility index (Phi) is 3.42. The summed E-state index contributed by atoms with van der Waals surface area (Å²) < 4.78 is 0. The molecule has 1 heteroatoms. The monoisotopic (exact) mass is 203 g/mol. The Balaban J connectivity index is 2.21. The molecule has 0 amide bonds. The van der Waals surface area contributed by atoms with Gasteiger partial charge in [-0.2, -0.15) is 0 Å². The van der Waals surface area contributed by atoms with E-state index in [1.54, 1.807) is 11.1 Å². The first-order chi connectivity index (χ1) is 7.33. The lowest BCUT2D eigenvalue weighted by Gasteiger charge is -2.34. The summed E-state index contributed by atoms with van der Waals surface area (Å²) >= 11 is 0. The number of hydrogen-bond acceptors (Lipinski definition) is 1. The molecule has 0 aromatic heterocycles. The van der Waals surface area contributed by atoms with Crippen LogP contribution in [0.2, 0.25) is 0 Å². The number of hydrogen-bond donors (Lipinski definition) is 0. The smallest absolute Gasteiger partial charge is 0.0347 e. The molecule has 0 fully saturated rings. The van der Waals surface area contributed by atoms with Crippen molar-refractivity contribution in [2.45, 2.75) is 38.6 Å². The standard InChI is InChI=1S/C14H21N/c1-3-4-9-14-13-8-6-5-7-12(13)10-11-15(14)2/h5-8,14H,3-4,9-11H2,1-2H3. The second kappa shape index (κ2) is 4.80. The van der Waals surface area contributed by atoms with E-state index in [0.29, 0.717) is 6.04 Å². The van der Waals surface area contributed by atoms with Crippen molar-refractivity contribution < 1.29 is 0 Å². The third-order valence-corrected chi connectivity index (χ3v) is 3.51. The number of benzene rings is 1. The molecule has 0 saturated heterocycles. The fourth-order valence-corrected chi connectivity index (χ4v) is 2.55. The first kappa shape index (κ1) is 10.7. The number of fused-ring (bicyclic) bond motifs is 1. The van der Waals surface area contributed by atoms with E-state index in [9.17, 15) is 0 Å². The highest BCUT2D eigenvalue weighted by Gasteiger charge is 2.23. The van der Waals surface area contributed by atoms with Gasteiger partial charge in [-0.05, 0) is 31.0 Å². The molecule has 1 aromatic carbocycles. The topological polar surface area (TPSA) is 3.24 Å². The molecule has 1 aliphatic rings. The van der Waals surface area contributed by atoms with Crippen LogP contribution in [0.3, 0.4) is 0 Å². The summed E-state index contributed by atoms with van der Waals surface area (Å²) in [5.74, 6) is 0. The van der Waals surface area contributed by atoms with Gasteiger partial charge in [0.05, 0.1) is 0 Å². The summed E-state index contributed by atoms with van der Waals surface area (Å²) in [4.78, 5) is 2.51. The van der Waals surface area contributed by atoms with E-state index in [2.05, 4.69) is 43.1 Å². The van der Waals surface area contributed by atoms with Gasteiger partial charge in [0.1, 0.15) is 0 Å². The molecule has 1 nitrogen and oxygen atoms in total. The van der Waals surface area contributed by atoms with Gasteiger partial charge < -0.3 is 0 Å². The lowest BCUT2D eigenvalue weighted by atomic mass is 9.90. The second-order valence-electron chi connectivity index (χ2n) is 4.59. The first-order valence-corrected chi connectivity index (χ1v) is 6.11. The van der Waals surface area contributed by atoms with Gasteiger partial charge in [-0.15, -0.1) is 0 Å². The van der Waals surface area contributed by atoms with E-state index in [4.69, 9.17) is 0 Å². The molecule has 2 rings (SSSR count). The van der Waals surface area contributed by atoms with Crippen molar-refractivity contribution in [2.24, 2.45) is 0 Å². The van der Waals surface area contributed by atoms with Gasteiger partial charge in [0.2, 0.25) is 0 Å². The molecule has 0 saturated carbocycles. The minimum absolute atomic E-state index is 0.662. The Bertz CT molecular complexity index is 319. The highest BCUT2D eigenvalue weighted by molar-refractivity contribution is 5.32. The third kappa shape index (κ3) is 2.23. The normalized spacial score (nSPS) is 21.3. The second-order valence-corrected chi connectivity index (χ2v) is 4.59. The molecule has 0 N–H and O–H groups in total. The number of rotatable bonds is 3. The average molecular weight is 203 g/mol. The molecule has 1 atom stereocenters. The highest BCUT2D eigenvalue weighted by Crippen LogP contribution is 2.31. The van der Waals surface area contributed by atoms with Gasteiger partial charge in [0.25, 0.3) is 0 Å². The first-order valence-electron chi connectivity index (χ1n) is 6.11. The maximum Gasteiger partial charge on any atom is 0.0347 e. The van der Waals surface area contributed by atoms with Crippen molar-refractivity contribution in [1.82, 2.24) is 4.90 Å². The SMILES string of the molecule is CCCCC1c2ccccc2CCN1C. The zero-order valence-electron chi connectivity index (χ0n) is 9.87. The molecule has 0 spiro atoms. The van der Waals surface area contributed by atoms with Crippen LogP contribution in [0.4, 0.5) is 0 Å². The summed E-state index contributed by atoms with van der Waals surface area (Å²) in [6.45, 7) is 3.49. The third-order valence-electron chi connectivity index (χ3n) is 3.51. The number of nitrogens with zero attached hydrogens (tertiary/aromatic N) is 1. The molecule has 0 bridgehead atoms. The van der Waals surface area contributed by atoms with E-state index in [-0.39, 0.29) is 0 Å². The Labute approximate surface area is 93.1 Å². The molecule has 82 valence electrons. The van der Waals surface area contributed by atoms with Crippen LogP contribution in [0.25, 0.3) is 0 Å².